The number of hydrogen-bond donors (Lipinski definition) is 1. The van der Waals surface area contributed by atoms with E-state index in [0.717, 1.165) is 22.3 Å². The number of nitrogens with one attached hydrogen (secondary N) is 1. The molecule has 1 amide bonds. The lowest BCUT2D eigenvalue weighted by molar-refractivity contribution is -0.116. The maximum absolute atomic E-state index is 12.3. The number of nitrogens with zero attached hydrogens (tertiary/aromatic N) is 3. The first-order valence-corrected chi connectivity index (χ1v) is 9.05. The average Bonchev–Trinajstić information content (AvgIpc) is 2.72. The van der Waals surface area contributed by atoms with Crippen LogP contribution in [0.3, 0.4) is 0 Å². The second-order valence-corrected chi connectivity index (χ2v) is 6.58. The number of para-hydroxylation sites is 3. The van der Waals surface area contributed by atoms with Gasteiger partial charge in [-0.1, -0.05) is 30.3 Å². The van der Waals surface area contributed by atoms with Crippen molar-refractivity contribution in [2.75, 3.05) is 27.7 Å². The van der Waals surface area contributed by atoms with Gasteiger partial charge in [0.05, 0.1) is 36.1 Å². The van der Waals surface area contributed by atoms with Crippen LogP contribution in [-0.4, -0.2) is 48.5 Å². The maximum atomic E-state index is 12.3. The Morgan fingerprint density at radius 2 is 1.86 bits per heavy atom. The van der Waals surface area contributed by atoms with Crippen LogP contribution in [0.25, 0.3) is 17.1 Å². The highest BCUT2D eigenvalue weighted by Crippen LogP contribution is 2.27. The maximum Gasteiger partial charge on any atom is 0.244 e. The zero-order chi connectivity index (χ0) is 19.9. The summed E-state index contributed by atoms with van der Waals surface area (Å²) in [7, 11) is 5.60. The molecule has 6 heteroatoms. The number of benzene rings is 2. The van der Waals surface area contributed by atoms with Crippen molar-refractivity contribution in [1.82, 2.24) is 20.2 Å². The Morgan fingerprint density at radius 3 is 2.61 bits per heavy atom. The van der Waals surface area contributed by atoms with E-state index in [1.165, 1.54) is 6.08 Å². The van der Waals surface area contributed by atoms with Crippen molar-refractivity contribution in [3.05, 3.63) is 72.1 Å². The molecular formula is C22H24N4O2. The monoisotopic (exact) mass is 376 g/mol. The number of aromatic nitrogens is 2. The number of ether oxygens (including phenoxy) is 1. The van der Waals surface area contributed by atoms with Crippen molar-refractivity contribution in [2.45, 2.75) is 6.04 Å². The van der Waals surface area contributed by atoms with E-state index in [0.29, 0.717) is 12.2 Å². The van der Waals surface area contributed by atoms with Gasteiger partial charge >= 0.3 is 0 Å². The van der Waals surface area contributed by atoms with Crippen LogP contribution >= 0.6 is 0 Å². The Labute approximate surface area is 164 Å². The van der Waals surface area contributed by atoms with Crippen molar-refractivity contribution >= 4 is 23.0 Å². The molecule has 6 nitrogen and oxygen atoms in total. The SMILES string of the molecule is COc1ccccc1C(CNC(=O)/C=C/c1cnc2ccccc2n1)N(C)C. The van der Waals surface area contributed by atoms with Gasteiger partial charge in [0, 0.05) is 18.2 Å². The fraction of sp³-hybridized carbons (Fsp3) is 0.227. The molecule has 144 valence electrons. The highest BCUT2D eigenvalue weighted by molar-refractivity contribution is 5.91. The molecule has 0 spiro atoms. The highest BCUT2D eigenvalue weighted by atomic mass is 16.5. The molecule has 1 atom stereocenters. The van der Waals surface area contributed by atoms with Crippen molar-refractivity contribution in [2.24, 2.45) is 0 Å². The van der Waals surface area contributed by atoms with E-state index < -0.39 is 0 Å². The van der Waals surface area contributed by atoms with Crippen molar-refractivity contribution in [3.63, 3.8) is 0 Å². The van der Waals surface area contributed by atoms with E-state index >= 15 is 0 Å². The molecule has 0 aliphatic carbocycles. The standard InChI is InChI=1S/C22H24N4O2/c1-26(2)20(17-8-4-7-11-21(17)28-3)15-24-22(27)13-12-16-14-23-18-9-5-6-10-19(18)25-16/h4-14,20H,15H2,1-3H3,(H,24,27)/b13-12+. The Morgan fingerprint density at radius 1 is 1.14 bits per heavy atom. The molecule has 3 aromatic rings. The molecular weight excluding hydrogens is 352 g/mol. The summed E-state index contributed by atoms with van der Waals surface area (Å²) >= 11 is 0. The number of carbonyl (C=O) groups is 1. The van der Waals surface area contributed by atoms with Crippen LogP contribution in [-0.2, 0) is 4.79 Å². The molecule has 1 heterocycles. The van der Waals surface area contributed by atoms with Gasteiger partial charge in [-0.15, -0.1) is 0 Å². The summed E-state index contributed by atoms with van der Waals surface area (Å²) in [5, 5.41) is 2.95. The third kappa shape index (κ3) is 4.72. The number of methoxy groups -OCH3 is 1. The predicted molar refractivity (Wildman–Crippen MR) is 111 cm³/mol. The van der Waals surface area contributed by atoms with Crippen LogP contribution in [0.5, 0.6) is 5.75 Å². The molecule has 0 fully saturated rings. The summed E-state index contributed by atoms with van der Waals surface area (Å²) in [6.07, 6.45) is 4.81. The Hall–Kier alpha value is -3.25. The van der Waals surface area contributed by atoms with Crippen molar-refractivity contribution < 1.29 is 9.53 Å². The second-order valence-electron chi connectivity index (χ2n) is 6.58. The van der Waals surface area contributed by atoms with Gasteiger partial charge in [0.25, 0.3) is 0 Å². The Balaban J connectivity index is 1.66. The molecule has 1 aromatic heterocycles. The van der Waals surface area contributed by atoms with Gasteiger partial charge in [-0.25, -0.2) is 4.98 Å². The van der Waals surface area contributed by atoms with E-state index in [-0.39, 0.29) is 11.9 Å². The molecule has 3 rings (SSSR count). The number of rotatable bonds is 7. The van der Waals surface area contributed by atoms with Crippen molar-refractivity contribution in [3.8, 4) is 5.75 Å². The van der Waals surface area contributed by atoms with Crippen LogP contribution in [0.1, 0.15) is 17.3 Å². The van der Waals surface area contributed by atoms with Crippen LogP contribution in [0.2, 0.25) is 0 Å². The minimum atomic E-state index is -0.184. The van der Waals surface area contributed by atoms with E-state index in [1.54, 1.807) is 19.4 Å². The normalized spacial score (nSPS) is 12.4. The fourth-order valence-corrected chi connectivity index (χ4v) is 2.98. The Bertz CT molecular complexity index is 985. The van der Waals surface area contributed by atoms with Crippen LogP contribution in [0.4, 0.5) is 0 Å². The topological polar surface area (TPSA) is 67.3 Å². The number of carbonyl (C=O) groups excluding carboxylic acids is 1. The molecule has 2 aromatic carbocycles. The summed E-state index contributed by atoms with van der Waals surface area (Å²) in [5.74, 6) is 0.620. The van der Waals surface area contributed by atoms with Gasteiger partial charge in [-0.3, -0.25) is 9.78 Å². The van der Waals surface area contributed by atoms with Crippen LogP contribution < -0.4 is 10.1 Å². The number of likely N-dealkylation sites (N-methyl/N-ethyl adjacent to an activating group) is 1. The molecule has 0 radical (unpaired) electrons. The summed E-state index contributed by atoms with van der Waals surface area (Å²) in [6, 6.07) is 15.5. The minimum Gasteiger partial charge on any atom is -0.496 e. The lowest BCUT2D eigenvalue weighted by Crippen LogP contribution is -2.34. The van der Waals surface area contributed by atoms with E-state index in [4.69, 9.17) is 4.74 Å². The highest BCUT2D eigenvalue weighted by Gasteiger charge is 2.18. The quantitative estimate of drug-likeness (QED) is 0.642. The van der Waals surface area contributed by atoms with Gasteiger partial charge in [0.2, 0.25) is 5.91 Å². The van der Waals surface area contributed by atoms with Gasteiger partial charge in [0.15, 0.2) is 0 Å². The number of fused-ring (bicyclic) bond motifs is 1. The van der Waals surface area contributed by atoms with Gasteiger partial charge < -0.3 is 15.0 Å². The third-order valence-corrected chi connectivity index (χ3v) is 4.46. The van der Waals surface area contributed by atoms with E-state index in [2.05, 4.69) is 20.2 Å². The second kappa shape index (κ2) is 9.10. The first-order chi connectivity index (χ1) is 13.6. The first kappa shape index (κ1) is 19.5. The molecule has 1 unspecified atom stereocenters. The zero-order valence-electron chi connectivity index (χ0n) is 16.3. The summed E-state index contributed by atoms with van der Waals surface area (Å²) in [5.41, 5.74) is 3.30. The number of hydrogen-bond acceptors (Lipinski definition) is 5. The molecule has 28 heavy (non-hydrogen) atoms. The lowest BCUT2D eigenvalue weighted by atomic mass is 10.0. The van der Waals surface area contributed by atoms with Crippen molar-refractivity contribution in [1.29, 1.82) is 0 Å². The van der Waals surface area contributed by atoms with Crippen LogP contribution in [0, 0.1) is 0 Å². The molecule has 0 saturated heterocycles. The van der Waals surface area contributed by atoms with E-state index in [1.807, 2.05) is 62.6 Å². The largest absolute Gasteiger partial charge is 0.496 e. The number of amides is 1. The fourth-order valence-electron chi connectivity index (χ4n) is 2.98. The zero-order valence-corrected chi connectivity index (χ0v) is 16.3. The average molecular weight is 376 g/mol. The summed E-state index contributed by atoms with van der Waals surface area (Å²) < 4.78 is 5.46. The first-order valence-electron chi connectivity index (χ1n) is 9.05. The third-order valence-electron chi connectivity index (χ3n) is 4.46. The molecule has 0 aliphatic rings. The van der Waals surface area contributed by atoms with Gasteiger partial charge in [0.1, 0.15) is 5.75 Å². The lowest BCUT2D eigenvalue weighted by Gasteiger charge is -2.26. The smallest absolute Gasteiger partial charge is 0.244 e. The van der Waals surface area contributed by atoms with Gasteiger partial charge in [-0.05, 0) is 38.4 Å². The molecule has 0 saturated carbocycles. The minimum absolute atomic E-state index is 0.00559. The predicted octanol–water partition coefficient (Wildman–Crippen LogP) is 3.07. The van der Waals surface area contributed by atoms with E-state index in [9.17, 15) is 4.79 Å². The molecule has 0 bridgehead atoms. The van der Waals surface area contributed by atoms with Gasteiger partial charge in [-0.2, -0.15) is 0 Å². The molecule has 0 aliphatic heterocycles. The summed E-state index contributed by atoms with van der Waals surface area (Å²) in [6.45, 7) is 0.458. The summed E-state index contributed by atoms with van der Waals surface area (Å²) in [4.78, 5) is 23.2. The van der Waals surface area contributed by atoms with Crippen LogP contribution in [0.15, 0.2) is 60.8 Å². The Kier molecular flexibility index (Phi) is 6.34. The molecule has 1 N–H and O–H groups in total.